The summed E-state index contributed by atoms with van der Waals surface area (Å²) in [6.45, 7) is 8.00. The van der Waals surface area contributed by atoms with Crippen molar-refractivity contribution in [1.29, 1.82) is 0 Å². The van der Waals surface area contributed by atoms with E-state index < -0.39 is 0 Å². The molecule has 0 saturated carbocycles. The molecule has 6 heteroatoms. The molecule has 1 amide bonds. The van der Waals surface area contributed by atoms with E-state index in [1.54, 1.807) is 0 Å². The van der Waals surface area contributed by atoms with Crippen LogP contribution in [0.4, 0.5) is 0 Å². The van der Waals surface area contributed by atoms with Crippen molar-refractivity contribution < 1.29 is 9.59 Å². The van der Waals surface area contributed by atoms with Crippen LogP contribution in [0.2, 0.25) is 0 Å². The second-order valence-electron chi connectivity index (χ2n) is 4.00. The van der Waals surface area contributed by atoms with E-state index in [4.69, 9.17) is 5.73 Å². The monoisotopic (exact) mass is 261 g/mol. The van der Waals surface area contributed by atoms with E-state index >= 15 is 0 Å². The van der Waals surface area contributed by atoms with Gasteiger partial charge in [0.1, 0.15) is 0 Å². The summed E-state index contributed by atoms with van der Waals surface area (Å²) in [7, 11) is 0. The predicted octanol–water partition coefficient (Wildman–Crippen LogP) is -0.344. The number of hydrogen-bond donors (Lipinski definition) is 1. The van der Waals surface area contributed by atoms with Crippen LogP contribution in [0.3, 0.4) is 0 Å². The van der Waals surface area contributed by atoms with Crippen molar-refractivity contribution in [2.45, 2.75) is 6.42 Å². The third-order valence-electron chi connectivity index (χ3n) is 2.75. The van der Waals surface area contributed by atoms with Crippen LogP contribution in [0.5, 0.6) is 0 Å². The SMILES string of the molecule is C=CC(=O)CCN1CCN(CC(N)=O)CC1.Cl. The second-order valence-corrected chi connectivity index (χ2v) is 4.00. The minimum absolute atomic E-state index is 0. The van der Waals surface area contributed by atoms with Crippen molar-refractivity contribution in [2.75, 3.05) is 39.3 Å². The molecule has 1 saturated heterocycles. The molecule has 17 heavy (non-hydrogen) atoms. The summed E-state index contributed by atoms with van der Waals surface area (Å²) in [6, 6.07) is 0. The molecule has 0 atom stereocenters. The lowest BCUT2D eigenvalue weighted by Gasteiger charge is -2.33. The number of ketones is 1. The number of piperazine rings is 1. The summed E-state index contributed by atoms with van der Waals surface area (Å²) in [6.07, 6.45) is 1.89. The van der Waals surface area contributed by atoms with E-state index in [0.717, 1.165) is 32.7 Å². The summed E-state index contributed by atoms with van der Waals surface area (Å²) < 4.78 is 0. The Morgan fingerprint density at radius 3 is 2.18 bits per heavy atom. The lowest BCUT2D eigenvalue weighted by Crippen LogP contribution is -2.49. The first-order valence-electron chi connectivity index (χ1n) is 5.50. The number of amides is 1. The highest BCUT2D eigenvalue weighted by molar-refractivity contribution is 5.89. The molecule has 98 valence electrons. The van der Waals surface area contributed by atoms with Gasteiger partial charge in [0.25, 0.3) is 0 Å². The van der Waals surface area contributed by atoms with Gasteiger partial charge in [0.15, 0.2) is 5.78 Å². The number of primary amides is 1. The molecule has 0 bridgehead atoms. The molecule has 5 nitrogen and oxygen atoms in total. The number of carbonyl (C=O) groups excluding carboxylic acids is 2. The van der Waals surface area contributed by atoms with Gasteiger partial charge in [-0.25, -0.2) is 0 Å². The quantitative estimate of drug-likeness (QED) is 0.664. The van der Waals surface area contributed by atoms with Crippen LogP contribution < -0.4 is 5.73 Å². The Hall–Kier alpha value is -0.910. The lowest BCUT2D eigenvalue weighted by atomic mass is 10.2. The lowest BCUT2D eigenvalue weighted by molar-refractivity contribution is -0.119. The average molecular weight is 262 g/mol. The molecular formula is C11H20ClN3O2. The van der Waals surface area contributed by atoms with Gasteiger partial charge in [-0.05, 0) is 6.08 Å². The van der Waals surface area contributed by atoms with Crippen molar-refractivity contribution in [3.05, 3.63) is 12.7 Å². The number of halogens is 1. The first kappa shape index (κ1) is 16.1. The topological polar surface area (TPSA) is 66.6 Å². The molecular weight excluding hydrogens is 242 g/mol. The van der Waals surface area contributed by atoms with Gasteiger partial charge in [0, 0.05) is 39.1 Å². The van der Waals surface area contributed by atoms with Crippen molar-refractivity contribution in [3.8, 4) is 0 Å². The molecule has 1 fully saturated rings. The maximum atomic E-state index is 11.0. The van der Waals surface area contributed by atoms with Crippen LogP contribution in [0.25, 0.3) is 0 Å². The minimum Gasteiger partial charge on any atom is -0.369 e. The standard InChI is InChI=1S/C11H19N3O2.ClH/c1-2-10(15)3-4-13-5-7-14(8-6-13)9-11(12)16;/h2H,1,3-9H2,(H2,12,16);1H. The van der Waals surface area contributed by atoms with Crippen molar-refractivity contribution >= 4 is 24.1 Å². The Kier molecular flexibility index (Phi) is 7.78. The Balaban J connectivity index is 0.00000256. The predicted molar refractivity (Wildman–Crippen MR) is 69.1 cm³/mol. The summed E-state index contributed by atoms with van der Waals surface area (Å²) >= 11 is 0. The van der Waals surface area contributed by atoms with Gasteiger partial charge < -0.3 is 10.6 Å². The average Bonchev–Trinajstić information content (AvgIpc) is 2.27. The highest BCUT2D eigenvalue weighted by Crippen LogP contribution is 2.02. The highest BCUT2D eigenvalue weighted by atomic mass is 35.5. The van der Waals surface area contributed by atoms with E-state index in [2.05, 4.69) is 11.5 Å². The number of hydrogen-bond acceptors (Lipinski definition) is 4. The zero-order valence-electron chi connectivity index (χ0n) is 9.93. The van der Waals surface area contributed by atoms with Gasteiger partial charge in [-0.3, -0.25) is 14.5 Å². The molecule has 0 aromatic rings. The van der Waals surface area contributed by atoms with Gasteiger partial charge >= 0.3 is 0 Å². The van der Waals surface area contributed by atoms with Crippen LogP contribution in [0.15, 0.2) is 12.7 Å². The van der Waals surface area contributed by atoms with Crippen molar-refractivity contribution in [3.63, 3.8) is 0 Å². The molecule has 0 unspecified atom stereocenters. The maximum Gasteiger partial charge on any atom is 0.231 e. The van der Waals surface area contributed by atoms with Crippen LogP contribution in [0, 0.1) is 0 Å². The Morgan fingerprint density at radius 2 is 1.71 bits per heavy atom. The Morgan fingerprint density at radius 1 is 1.18 bits per heavy atom. The number of nitrogens with two attached hydrogens (primary N) is 1. The molecule has 1 rings (SSSR count). The zero-order chi connectivity index (χ0) is 12.0. The van der Waals surface area contributed by atoms with Crippen LogP contribution in [0.1, 0.15) is 6.42 Å². The number of nitrogens with zero attached hydrogens (tertiary/aromatic N) is 2. The van der Waals surface area contributed by atoms with E-state index in [9.17, 15) is 9.59 Å². The smallest absolute Gasteiger partial charge is 0.231 e. The first-order chi connectivity index (χ1) is 7.61. The molecule has 0 spiro atoms. The Labute approximate surface area is 108 Å². The Bertz CT molecular complexity index is 276. The molecule has 0 radical (unpaired) electrons. The van der Waals surface area contributed by atoms with Crippen LogP contribution >= 0.6 is 12.4 Å². The van der Waals surface area contributed by atoms with Gasteiger partial charge in [-0.1, -0.05) is 6.58 Å². The normalized spacial score (nSPS) is 17.2. The molecule has 2 N–H and O–H groups in total. The zero-order valence-corrected chi connectivity index (χ0v) is 10.7. The van der Waals surface area contributed by atoms with Gasteiger partial charge in [-0.15, -0.1) is 12.4 Å². The molecule has 0 aliphatic carbocycles. The molecule has 1 heterocycles. The van der Waals surface area contributed by atoms with E-state index in [1.165, 1.54) is 6.08 Å². The van der Waals surface area contributed by atoms with Crippen molar-refractivity contribution in [1.82, 2.24) is 9.80 Å². The van der Waals surface area contributed by atoms with Crippen LogP contribution in [-0.4, -0.2) is 60.8 Å². The molecule has 1 aliphatic heterocycles. The number of rotatable bonds is 6. The molecule has 0 aromatic heterocycles. The van der Waals surface area contributed by atoms with Crippen LogP contribution in [-0.2, 0) is 9.59 Å². The summed E-state index contributed by atoms with van der Waals surface area (Å²) in [5.74, 6) is -0.199. The van der Waals surface area contributed by atoms with E-state index in [0.29, 0.717) is 13.0 Å². The summed E-state index contributed by atoms with van der Waals surface area (Å²) in [4.78, 5) is 26.0. The van der Waals surface area contributed by atoms with Gasteiger partial charge in [-0.2, -0.15) is 0 Å². The molecule has 1 aliphatic rings. The fourth-order valence-corrected chi connectivity index (χ4v) is 1.76. The minimum atomic E-state index is -0.282. The highest BCUT2D eigenvalue weighted by Gasteiger charge is 2.17. The fraction of sp³-hybridized carbons (Fsp3) is 0.636. The second kappa shape index (κ2) is 8.22. The maximum absolute atomic E-state index is 11.0. The van der Waals surface area contributed by atoms with Gasteiger partial charge in [0.05, 0.1) is 6.54 Å². The largest absolute Gasteiger partial charge is 0.369 e. The first-order valence-corrected chi connectivity index (χ1v) is 5.50. The van der Waals surface area contributed by atoms with E-state index in [-0.39, 0.29) is 24.1 Å². The fourth-order valence-electron chi connectivity index (χ4n) is 1.76. The third kappa shape index (κ3) is 6.41. The summed E-state index contributed by atoms with van der Waals surface area (Å²) in [5.41, 5.74) is 5.12. The summed E-state index contributed by atoms with van der Waals surface area (Å²) in [5, 5.41) is 0. The number of carbonyl (C=O) groups is 2. The van der Waals surface area contributed by atoms with Crippen molar-refractivity contribution in [2.24, 2.45) is 5.73 Å². The van der Waals surface area contributed by atoms with Gasteiger partial charge in [0.2, 0.25) is 5.91 Å². The third-order valence-corrected chi connectivity index (χ3v) is 2.75. The molecule has 0 aromatic carbocycles. The van der Waals surface area contributed by atoms with E-state index in [1.807, 2.05) is 4.90 Å². The number of allylic oxidation sites excluding steroid dienone is 1.